The zero-order valence-corrected chi connectivity index (χ0v) is 13.8. The van der Waals surface area contributed by atoms with E-state index in [2.05, 4.69) is 14.9 Å². The molecular weight excluding hydrogens is 314 g/mol. The Balaban J connectivity index is 1.53. The molecule has 0 radical (unpaired) electrons. The van der Waals surface area contributed by atoms with E-state index in [0.29, 0.717) is 44.6 Å². The van der Waals surface area contributed by atoms with Crippen molar-refractivity contribution in [3.63, 3.8) is 0 Å². The average Bonchev–Trinajstić information content (AvgIpc) is 3.05. The number of hydrogen-bond donors (Lipinski definition) is 0. The van der Waals surface area contributed by atoms with Crippen molar-refractivity contribution in [1.29, 1.82) is 0 Å². The quantitative estimate of drug-likeness (QED) is 0.827. The Bertz CT molecular complexity index is 567. The van der Waals surface area contributed by atoms with Crippen molar-refractivity contribution in [3.05, 3.63) is 18.5 Å². The number of alkyl halides is 2. The van der Waals surface area contributed by atoms with Crippen LogP contribution in [0, 0.1) is 5.41 Å². The lowest BCUT2D eigenvalue weighted by molar-refractivity contribution is -0.167. The minimum atomic E-state index is -2.63. The van der Waals surface area contributed by atoms with E-state index >= 15 is 0 Å². The molecule has 4 heterocycles. The number of hydrogen-bond acceptors (Lipinski definition) is 5. The highest BCUT2D eigenvalue weighted by molar-refractivity contribution is 5.33. The highest BCUT2D eigenvalue weighted by Crippen LogP contribution is 2.50. The van der Waals surface area contributed by atoms with Gasteiger partial charge in [0.2, 0.25) is 5.95 Å². The molecule has 0 amide bonds. The van der Waals surface area contributed by atoms with E-state index in [1.165, 1.54) is 0 Å². The summed E-state index contributed by atoms with van der Waals surface area (Å²) in [6.07, 6.45) is 5.69. The fraction of sp³-hybridized carbons (Fsp3) is 0.765. The summed E-state index contributed by atoms with van der Waals surface area (Å²) in [4.78, 5) is 12.7. The molecule has 132 valence electrons. The molecule has 1 unspecified atom stereocenters. The summed E-state index contributed by atoms with van der Waals surface area (Å²) in [5.74, 6) is -2.06. The van der Waals surface area contributed by atoms with Gasteiger partial charge in [0.25, 0.3) is 5.92 Å². The number of anilines is 1. The molecular formula is C17H24F2N4O. The van der Waals surface area contributed by atoms with Crippen molar-refractivity contribution < 1.29 is 13.5 Å². The van der Waals surface area contributed by atoms with E-state index in [0.717, 1.165) is 26.1 Å². The lowest BCUT2D eigenvalue weighted by Gasteiger charge is -2.49. The second-order valence-corrected chi connectivity index (χ2v) is 7.27. The minimum absolute atomic E-state index is 0.0478. The van der Waals surface area contributed by atoms with Gasteiger partial charge in [-0.15, -0.1) is 0 Å². The molecule has 7 heteroatoms. The van der Waals surface area contributed by atoms with E-state index in [1.807, 2.05) is 4.90 Å². The van der Waals surface area contributed by atoms with Gasteiger partial charge in [0, 0.05) is 64.2 Å². The van der Waals surface area contributed by atoms with Crippen molar-refractivity contribution in [2.45, 2.75) is 37.6 Å². The van der Waals surface area contributed by atoms with Crippen molar-refractivity contribution >= 4 is 5.95 Å². The van der Waals surface area contributed by atoms with Gasteiger partial charge in [-0.25, -0.2) is 18.7 Å². The molecule has 1 atom stereocenters. The Kier molecular flexibility index (Phi) is 4.16. The second-order valence-electron chi connectivity index (χ2n) is 7.27. The maximum Gasteiger partial charge on any atom is 0.257 e. The van der Waals surface area contributed by atoms with Gasteiger partial charge in [-0.2, -0.15) is 0 Å². The summed E-state index contributed by atoms with van der Waals surface area (Å²) in [7, 11) is 0. The predicted molar refractivity (Wildman–Crippen MR) is 86.3 cm³/mol. The standard InChI is InChI=1S/C17H24F2N4O/c18-17(19)5-9-22(14-2-10-24-11-3-14)12-16(17)4-8-23(13-16)15-20-6-1-7-21-15/h1,6-7,14H,2-5,8-13H2. The molecule has 3 saturated heterocycles. The molecule has 0 saturated carbocycles. The lowest BCUT2D eigenvalue weighted by Crippen LogP contribution is -2.59. The number of nitrogens with zero attached hydrogens (tertiary/aromatic N) is 4. The van der Waals surface area contributed by atoms with E-state index in [1.54, 1.807) is 18.5 Å². The van der Waals surface area contributed by atoms with Crippen molar-refractivity contribution in [3.8, 4) is 0 Å². The zero-order valence-electron chi connectivity index (χ0n) is 13.8. The maximum absolute atomic E-state index is 14.9. The molecule has 1 aromatic rings. The topological polar surface area (TPSA) is 41.5 Å². The number of halogens is 2. The Labute approximate surface area is 141 Å². The highest BCUT2D eigenvalue weighted by Gasteiger charge is 2.60. The Morgan fingerprint density at radius 2 is 1.79 bits per heavy atom. The van der Waals surface area contributed by atoms with Gasteiger partial charge in [0.1, 0.15) is 0 Å². The van der Waals surface area contributed by atoms with Gasteiger partial charge >= 0.3 is 0 Å². The van der Waals surface area contributed by atoms with Gasteiger partial charge in [-0.3, -0.25) is 4.90 Å². The zero-order chi connectivity index (χ0) is 16.6. The normalized spacial score (nSPS) is 31.7. The van der Waals surface area contributed by atoms with Crippen LogP contribution in [0.25, 0.3) is 0 Å². The summed E-state index contributed by atoms with van der Waals surface area (Å²) in [5.41, 5.74) is -0.983. The van der Waals surface area contributed by atoms with E-state index < -0.39 is 11.3 Å². The number of ether oxygens (including phenoxy) is 1. The van der Waals surface area contributed by atoms with Crippen LogP contribution in [-0.4, -0.2) is 66.2 Å². The van der Waals surface area contributed by atoms with Gasteiger partial charge < -0.3 is 9.64 Å². The molecule has 0 N–H and O–H groups in total. The number of likely N-dealkylation sites (tertiary alicyclic amines) is 1. The lowest BCUT2D eigenvalue weighted by atomic mass is 9.75. The number of rotatable bonds is 2. The third-order valence-electron chi connectivity index (χ3n) is 5.89. The van der Waals surface area contributed by atoms with Crippen LogP contribution in [0.1, 0.15) is 25.7 Å². The Morgan fingerprint density at radius 3 is 2.54 bits per heavy atom. The van der Waals surface area contributed by atoms with Crippen molar-refractivity contribution in [2.24, 2.45) is 5.41 Å². The van der Waals surface area contributed by atoms with Crippen LogP contribution >= 0.6 is 0 Å². The first-order chi connectivity index (χ1) is 11.6. The summed E-state index contributed by atoms with van der Waals surface area (Å²) >= 11 is 0. The average molecular weight is 338 g/mol. The molecule has 5 nitrogen and oxygen atoms in total. The molecule has 4 rings (SSSR count). The molecule has 0 aliphatic carbocycles. The van der Waals surface area contributed by atoms with E-state index in [4.69, 9.17) is 4.74 Å². The molecule has 1 aromatic heterocycles. The summed E-state index contributed by atoms with van der Waals surface area (Å²) in [6, 6.07) is 2.13. The van der Waals surface area contributed by atoms with E-state index in [-0.39, 0.29) is 6.42 Å². The summed E-state index contributed by atoms with van der Waals surface area (Å²) in [6.45, 7) is 3.38. The summed E-state index contributed by atoms with van der Waals surface area (Å²) in [5, 5.41) is 0. The fourth-order valence-electron chi connectivity index (χ4n) is 4.42. The monoisotopic (exact) mass is 338 g/mol. The van der Waals surface area contributed by atoms with Crippen LogP contribution in [-0.2, 0) is 4.74 Å². The Morgan fingerprint density at radius 1 is 1.04 bits per heavy atom. The smallest absolute Gasteiger partial charge is 0.257 e. The van der Waals surface area contributed by atoms with Gasteiger partial charge in [0.15, 0.2) is 0 Å². The first-order valence-corrected chi connectivity index (χ1v) is 8.81. The van der Waals surface area contributed by atoms with Gasteiger partial charge in [-0.05, 0) is 25.3 Å². The minimum Gasteiger partial charge on any atom is -0.381 e. The van der Waals surface area contributed by atoms with Crippen LogP contribution in [0.3, 0.4) is 0 Å². The molecule has 0 aromatic carbocycles. The third-order valence-corrected chi connectivity index (χ3v) is 5.89. The van der Waals surface area contributed by atoms with Crippen LogP contribution < -0.4 is 4.90 Å². The van der Waals surface area contributed by atoms with Crippen LogP contribution in [0.2, 0.25) is 0 Å². The third kappa shape index (κ3) is 2.77. The predicted octanol–water partition coefficient (Wildman–Crippen LogP) is 2.19. The van der Waals surface area contributed by atoms with Crippen LogP contribution in [0.15, 0.2) is 18.5 Å². The second kappa shape index (κ2) is 6.19. The van der Waals surface area contributed by atoms with Crippen LogP contribution in [0.4, 0.5) is 14.7 Å². The molecule has 0 bridgehead atoms. The van der Waals surface area contributed by atoms with Crippen molar-refractivity contribution in [2.75, 3.05) is 44.3 Å². The number of piperidine rings is 1. The molecule has 24 heavy (non-hydrogen) atoms. The van der Waals surface area contributed by atoms with Crippen LogP contribution in [0.5, 0.6) is 0 Å². The molecule has 3 aliphatic heterocycles. The summed E-state index contributed by atoms with van der Waals surface area (Å²) < 4.78 is 35.2. The first kappa shape index (κ1) is 16.1. The number of aromatic nitrogens is 2. The molecule has 1 spiro atoms. The largest absolute Gasteiger partial charge is 0.381 e. The van der Waals surface area contributed by atoms with Gasteiger partial charge in [0.05, 0.1) is 5.41 Å². The maximum atomic E-state index is 14.9. The molecule has 3 fully saturated rings. The molecule has 3 aliphatic rings. The highest BCUT2D eigenvalue weighted by atomic mass is 19.3. The van der Waals surface area contributed by atoms with Gasteiger partial charge in [-0.1, -0.05) is 0 Å². The van der Waals surface area contributed by atoms with E-state index in [9.17, 15) is 8.78 Å². The fourth-order valence-corrected chi connectivity index (χ4v) is 4.42. The first-order valence-electron chi connectivity index (χ1n) is 8.81. The van der Waals surface area contributed by atoms with Crippen molar-refractivity contribution in [1.82, 2.24) is 14.9 Å². The Hall–Kier alpha value is -1.34. The SMILES string of the molecule is FC1(F)CCN(C2CCOCC2)CC12CCN(c1ncccn1)C2.